The molecule has 0 aromatic heterocycles. The SMILES string of the molecule is O=C(N/N=C\c1ccc2ccccc2c1O)c1ccccc1[N+](=O)[O-]. The van der Waals surface area contributed by atoms with Gasteiger partial charge in [0.15, 0.2) is 0 Å². The smallest absolute Gasteiger partial charge is 0.282 e. The van der Waals surface area contributed by atoms with Crippen molar-refractivity contribution in [1.82, 2.24) is 5.43 Å². The number of phenols is 1. The molecule has 0 aliphatic rings. The predicted molar refractivity (Wildman–Crippen MR) is 93.8 cm³/mol. The molecule has 0 aliphatic heterocycles. The summed E-state index contributed by atoms with van der Waals surface area (Å²) in [6, 6.07) is 16.4. The molecule has 7 nitrogen and oxygen atoms in total. The summed E-state index contributed by atoms with van der Waals surface area (Å²) in [6.07, 6.45) is 1.29. The van der Waals surface area contributed by atoms with Crippen LogP contribution in [0.1, 0.15) is 15.9 Å². The van der Waals surface area contributed by atoms with Crippen molar-refractivity contribution in [2.75, 3.05) is 0 Å². The maximum atomic E-state index is 12.1. The number of hydrogen-bond acceptors (Lipinski definition) is 5. The van der Waals surface area contributed by atoms with Gasteiger partial charge in [-0.1, -0.05) is 42.5 Å². The number of hydrogen-bond donors (Lipinski definition) is 2. The Balaban J connectivity index is 1.81. The molecule has 1 amide bonds. The highest BCUT2D eigenvalue weighted by atomic mass is 16.6. The van der Waals surface area contributed by atoms with E-state index in [-0.39, 0.29) is 17.0 Å². The van der Waals surface area contributed by atoms with E-state index in [0.29, 0.717) is 10.9 Å². The first-order valence-corrected chi connectivity index (χ1v) is 7.35. The lowest BCUT2D eigenvalue weighted by Crippen LogP contribution is -2.18. The summed E-state index contributed by atoms with van der Waals surface area (Å²) in [6.45, 7) is 0. The topological polar surface area (TPSA) is 105 Å². The van der Waals surface area contributed by atoms with Gasteiger partial charge in [-0.05, 0) is 17.5 Å². The number of phenolic OH excluding ortho intramolecular Hbond substituents is 1. The van der Waals surface area contributed by atoms with Crippen LogP contribution >= 0.6 is 0 Å². The Bertz CT molecular complexity index is 999. The van der Waals surface area contributed by atoms with Crippen molar-refractivity contribution in [2.45, 2.75) is 0 Å². The van der Waals surface area contributed by atoms with Crippen LogP contribution in [-0.4, -0.2) is 22.2 Å². The van der Waals surface area contributed by atoms with E-state index in [9.17, 15) is 20.0 Å². The van der Waals surface area contributed by atoms with Gasteiger partial charge < -0.3 is 5.11 Å². The van der Waals surface area contributed by atoms with Crippen LogP contribution in [-0.2, 0) is 0 Å². The molecule has 0 saturated heterocycles. The molecule has 0 spiro atoms. The first-order valence-electron chi connectivity index (χ1n) is 7.35. The monoisotopic (exact) mass is 335 g/mol. The molecule has 7 heteroatoms. The van der Waals surface area contributed by atoms with Gasteiger partial charge in [0.1, 0.15) is 11.3 Å². The fourth-order valence-corrected chi connectivity index (χ4v) is 2.42. The third-order valence-corrected chi connectivity index (χ3v) is 3.65. The number of hydrazone groups is 1. The van der Waals surface area contributed by atoms with Gasteiger partial charge in [-0.25, -0.2) is 5.43 Å². The number of aromatic hydroxyl groups is 1. The Morgan fingerprint density at radius 1 is 1.08 bits per heavy atom. The lowest BCUT2D eigenvalue weighted by molar-refractivity contribution is -0.385. The number of nitro groups is 1. The number of para-hydroxylation sites is 1. The highest BCUT2D eigenvalue weighted by molar-refractivity contribution is 6.00. The van der Waals surface area contributed by atoms with Crippen LogP contribution in [0.2, 0.25) is 0 Å². The van der Waals surface area contributed by atoms with Gasteiger partial charge in [0.05, 0.1) is 11.1 Å². The fourth-order valence-electron chi connectivity index (χ4n) is 2.42. The maximum Gasteiger partial charge on any atom is 0.282 e. The largest absolute Gasteiger partial charge is 0.507 e. The molecule has 3 aromatic carbocycles. The molecular weight excluding hydrogens is 322 g/mol. The normalized spacial score (nSPS) is 10.9. The fraction of sp³-hybridized carbons (Fsp3) is 0. The minimum Gasteiger partial charge on any atom is -0.507 e. The molecule has 25 heavy (non-hydrogen) atoms. The highest BCUT2D eigenvalue weighted by Gasteiger charge is 2.18. The molecule has 0 aliphatic carbocycles. The minimum atomic E-state index is -0.705. The van der Waals surface area contributed by atoms with E-state index in [1.807, 2.05) is 18.2 Å². The third kappa shape index (κ3) is 3.30. The van der Waals surface area contributed by atoms with E-state index in [0.717, 1.165) is 5.39 Å². The van der Waals surface area contributed by atoms with E-state index in [4.69, 9.17) is 0 Å². The van der Waals surface area contributed by atoms with Gasteiger partial charge in [0, 0.05) is 17.0 Å². The summed E-state index contributed by atoms with van der Waals surface area (Å²) in [7, 11) is 0. The quantitative estimate of drug-likeness (QED) is 0.434. The third-order valence-electron chi connectivity index (χ3n) is 3.65. The van der Waals surface area contributed by atoms with Gasteiger partial charge in [0.25, 0.3) is 11.6 Å². The minimum absolute atomic E-state index is 0.0433. The number of nitrogens with one attached hydrogen (secondary N) is 1. The van der Waals surface area contributed by atoms with E-state index in [1.54, 1.807) is 18.2 Å². The second-order valence-electron chi connectivity index (χ2n) is 5.20. The average molecular weight is 335 g/mol. The van der Waals surface area contributed by atoms with E-state index >= 15 is 0 Å². The van der Waals surface area contributed by atoms with Crippen molar-refractivity contribution >= 4 is 28.6 Å². The van der Waals surface area contributed by atoms with Crippen LogP contribution in [0, 0.1) is 10.1 Å². The second kappa shape index (κ2) is 6.79. The van der Waals surface area contributed by atoms with Crippen molar-refractivity contribution < 1.29 is 14.8 Å². The highest BCUT2D eigenvalue weighted by Crippen LogP contribution is 2.27. The van der Waals surface area contributed by atoms with Crippen LogP contribution in [0.3, 0.4) is 0 Å². The molecule has 3 aromatic rings. The number of rotatable bonds is 4. The Hall–Kier alpha value is -3.74. The summed E-state index contributed by atoms with van der Waals surface area (Å²) in [5.41, 5.74) is 2.26. The number of nitrogens with zero attached hydrogens (tertiary/aromatic N) is 2. The van der Waals surface area contributed by atoms with Gasteiger partial charge in [0.2, 0.25) is 0 Å². The van der Waals surface area contributed by atoms with Crippen molar-refractivity contribution in [1.29, 1.82) is 0 Å². The van der Waals surface area contributed by atoms with Crippen LogP contribution in [0.5, 0.6) is 5.75 Å². The number of nitro benzene ring substituents is 1. The average Bonchev–Trinajstić information content (AvgIpc) is 2.63. The van der Waals surface area contributed by atoms with E-state index < -0.39 is 10.8 Å². The van der Waals surface area contributed by atoms with Gasteiger partial charge in [-0.15, -0.1) is 0 Å². The second-order valence-corrected chi connectivity index (χ2v) is 5.20. The Morgan fingerprint density at radius 2 is 1.80 bits per heavy atom. The zero-order chi connectivity index (χ0) is 17.8. The molecule has 3 rings (SSSR count). The zero-order valence-corrected chi connectivity index (χ0v) is 12.9. The Morgan fingerprint density at radius 3 is 2.60 bits per heavy atom. The molecule has 0 radical (unpaired) electrons. The number of carbonyl (C=O) groups excluding carboxylic acids is 1. The van der Waals surface area contributed by atoms with Crippen molar-refractivity contribution in [3.05, 3.63) is 81.9 Å². The van der Waals surface area contributed by atoms with Crippen LogP contribution in [0.4, 0.5) is 5.69 Å². The lowest BCUT2D eigenvalue weighted by Gasteiger charge is -2.04. The number of carbonyl (C=O) groups is 1. The molecule has 0 atom stereocenters. The zero-order valence-electron chi connectivity index (χ0n) is 12.9. The van der Waals surface area contributed by atoms with Gasteiger partial charge in [-0.3, -0.25) is 14.9 Å². The van der Waals surface area contributed by atoms with Crippen molar-refractivity contribution in [2.24, 2.45) is 5.10 Å². The molecule has 0 unspecified atom stereocenters. The molecule has 0 heterocycles. The van der Waals surface area contributed by atoms with E-state index in [2.05, 4.69) is 10.5 Å². The first kappa shape index (κ1) is 16.1. The van der Waals surface area contributed by atoms with Crippen LogP contribution < -0.4 is 5.43 Å². The standard InChI is InChI=1S/C18H13N3O4/c22-17-13(10-9-12-5-1-2-6-14(12)17)11-19-20-18(23)15-7-3-4-8-16(15)21(24)25/h1-11,22H,(H,20,23)/b19-11-. The van der Waals surface area contributed by atoms with Crippen molar-refractivity contribution in [3.63, 3.8) is 0 Å². The summed E-state index contributed by atoms with van der Waals surface area (Å²) in [4.78, 5) is 22.4. The number of fused-ring (bicyclic) bond motifs is 1. The van der Waals surface area contributed by atoms with Gasteiger partial charge >= 0.3 is 0 Å². The Labute approximate surface area is 142 Å². The predicted octanol–water partition coefficient (Wildman–Crippen LogP) is 3.22. The molecule has 0 bridgehead atoms. The molecular formula is C18H13N3O4. The van der Waals surface area contributed by atoms with Gasteiger partial charge in [-0.2, -0.15) is 5.10 Å². The summed E-state index contributed by atoms with van der Waals surface area (Å²) in [5.74, 6) is -0.661. The van der Waals surface area contributed by atoms with Crippen molar-refractivity contribution in [3.8, 4) is 5.75 Å². The molecule has 0 saturated carbocycles. The van der Waals surface area contributed by atoms with E-state index in [1.165, 1.54) is 30.5 Å². The molecule has 2 N–H and O–H groups in total. The maximum absolute atomic E-state index is 12.1. The Kier molecular flexibility index (Phi) is 4.38. The summed E-state index contributed by atoms with van der Waals surface area (Å²) < 4.78 is 0. The summed E-state index contributed by atoms with van der Waals surface area (Å²) in [5, 5.41) is 26.5. The lowest BCUT2D eigenvalue weighted by atomic mass is 10.1. The molecule has 0 fully saturated rings. The number of amides is 1. The van der Waals surface area contributed by atoms with Crippen LogP contribution in [0.25, 0.3) is 10.8 Å². The number of benzene rings is 3. The first-order chi connectivity index (χ1) is 12.1. The van der Waals surface area contributed by atoms with Crippen LogP contribution in [0.15, 0.2) is 65.8 Å². The molecule has 124 valence electrons. The summed E-state index contributed by atoms with van der Waals surface area (Å²) >= 11 is 0.